The molecule has 0 amide bonds. The predicted molar refractivity (Wildman–Crippen MR) is 220 cm³/mol. The minimum absolute atomic E-state index is 0.0547. The topological polar surface area (TPSA) is 134 Å². The highest BCUT2D eigenvalue weighted by Crippen LogP contribution is 2.43. The Morgan fingerprint density at radius 2 is 0.943 bits per heavy atom. The first kappa shape index (κ1) is 51.8. The molecule has 0 aromatic carbocycles. The summed E-state index contributed by atoms with van der Waals surface area (Å²) < 4.78 is 32.7. The van der Waals surface area contributed by atoms with Gasteiger partial charge in [0.15, 0.2) is 6.10 Å². The largest absolute Gasteiger partial charge is 0.472 e. The van der Waals surface area contributed by atoms with Crippen molar-refractivity contribution in [2.75, 3.05) is 26.4 Å². The highest BCUT2D eigenvalue weighted by Gasteiger charge is 2.26. The second kappa shape index (κ2) is 40.4. The van der Waals surface area contributed by atoms with Gasteiger partial charge in [-0.05, 0) is 32.1 Å². The number of phosphoric acid groups is 1. The number of esters is 2. The monoisotopic (exact) mass is 774 g/mol. The average molecular weight is 774 g/mol. The van der Waals surface area contributed by atoms with Gasteiger partial charge in [0, 0.05) is 19.4 Å². The zero-order valence-corrected chi connectivity index (χ0v) is 35.4. The maximum absolute atomic E-state index is 12.5. The number of allylic oxidation sites excluding steroid dienone is 2. The van der Waals surface area contributed by atoms with Gasteiger partial charge in [-0.15, -0.1) is 0 Å². The first-order valence-electron chi connectivity index (χ1n) is 22.2. The number of ether oxygens (including phenoxy) is 2. The molecule has 0 heterocycles. The van der Waals surface area contributed by atoms with Crippen LogP contribution >= 0.6 is 7.82 Å². The minimum atomic E-state index is -4.37. The van der Waals surface area contributed by atoms with Gasteiger partial charge in [-0.3, -0.25) is 18.6 Å². The fourth-order valence-electron chi connectivity index (χ4n) is 6.32. The van der Waals surface area contributed by atoms with E-state index in [0.29, 0.717) is 6.42 Å². The number of carbonyl (C=O) groups excluding carboxylic acids is 2. The van der Waals surface area contributed by atoms with Crippen LogP contribution in [0, 0.1) is 0 Å². The number of rotatable bonds is 42. The van der Waals surface area contributed by atoms with Crippen molar-refractivity contribution < 1.29 is 37.6 Å². The maximum atomic E-state index is 12.5. The van der Waals surface area contributed by atoms with Crippen molar-refractivity contribution in [3.05, 3.63) is 12.2 Å². The summed E-state index contributed by atoms with van der Waals surface area (Å²) in [6.07, 6.45) is 41.1. The maximum Gasteiger partial charge on any atom is 0.472 e. The smallest absolute Gasteiger partial charge is 0.462 e. The van der Waals surface area contributed by atoms with E-state index < -0.39 is 26.5 Å². The van der Waals surface area contributed by atoms with Crippen molar-refractivity contribution in [2.45, 2.75) is 225 Å². The molecule has 0 aromatic rings. The van der Waals surface area contributed by atoms with E-state index in [1.165, 1.54) is 128 Å². The molecule has 0 aliphatic rings. The van der Waals surface area contributed by atoms with Gasteiger partial charge in [-0.2, -0.15) is 0 Å². The van der Waals surface area contributed by atoms with Crippen LogP contribution in [-0.4, -0.2) is 49.3 Å². The number of hydrogen-bond acceptors (Lipinski definition) is 8. The summed E-state index contributed by atoms with van der Waals surface area (Å²) in [6.45, 7) is 3.71. The molecular formula is C43H84NO8P. The molecule has 0 aliphatic carbocycles. The summed E-state index contributed by atoms with van der Waals surface area (Å²) in [5.41, 5.74) is 5.34. The Morgan fingerprint density at radius 1 is 0.547 bits per heavy atom. The second-order valence-corrected chi connectivity index (χ2v) is 16.4. The zero-order chi connectivity index (χ0) is 38.9. The van der Waals surface area contributed by atoms with Crippen molar-refractivity contribution >= 4 is 19.8 Å². The first-order valence-corrected chi connectivity index (χ1v) is 23.7. The van der Waals surface area contributed by atoms with E-state index in [2.05, 4.69) is 26.0 Å². The van der Waals surface area contributed by atoms with Crippen LogP contribution in [-0.2, 0) is 32.7 Å². The van der Waals surface area contributed by atoms with Crippen molar-refractivity contribution in [3.8, 4) is 0 Å². The number of carbonyl (C=O) groups is 2. The summed E-state index contributed by atoms with van der Waals surface area (Å²) in [6, 6.07) is 0. The van der Waals surface area contributed by atoms with Crippen LogP contribution < -0.4 is 5.73 Å². The minimum Gasteiger partial charge on any atom is -0.462 e. The molecule has 0 aromatic heterocycles. The third kappa shape index (κ3) is 40.2. The molecule has 0 bridgehead atoms. The lowest BCUT2D eigenvalue weighted by molar-refractivity contribution is -0.161. The molecule has 0 saturated carbocycles. The number of phosphoric ester groups is 1. The van der Waals surface area contributed by atoms with Crippen molar-refractivity contribution in [1.82, 2.24) is 0 Å². The standard InChI is InChI=1S/C43H84NO8P/c1-3-5-7-9-11-13-15-16-17-18-19-20-21-22-23-24-26-27-29-31-33-35-42(45)49-39-41(40-51-53(47,48)50-38-37-44)52-43(46)36-34-32-30-28-25-14-12-10-8-6-4-2/h10,12,41H,3-9,11,13-40,44H2,1-2H3,(H,47,48). The van der Waals surface area contributed by atoms with Crippen molar-refractivity contribution in [1.29, 1.82) is 0 Å². The highest BCUT2D eigenvalue weighted by atomic mass is 31.2. The summed E-state index contributed by atoms with van der Waals surface area (Å²) in [5, 5.41) is 0. The van der Waals surface area contributed by atoms with Crippen LogP contribution in [0.4, 0.5) is 0 Å². The van der Waals surface area contributed by atoms with E-state index in [4.69, 9.17) is 24.3 Å². The molecule has 0 rings (SSSR count). The highest BCUT2D eigenvalue weighted by molar-refractivity contribution is 7.47. The lowest BCUT2D eigenvalue weighted by Gasteiger charge is -2.19. The van der Waals surface area contributed by atoms with E-state index in [0.717, 1.165) is 57.8 Å². The van der Waals surface area contributed by atoms with Crippen LogP contribution in [0.1, 0.15) is 219 Å². The molecule has 2 atom stereocenters. The lowest BCUT2D eigenvalue weighted by Crippen LogP contribution is -2.29. The van der Waals surface area contributed by atoms with E-state index >= 15 is 0 Å². The van der Waals surface area contributed by atoms with E-state index in [-0.39, 0.29) is 38.6 Å². The van der Waals surface area contributed by atoms with Crippen molar-refractivity contribution in [3.63, 3.8) is 0 Å². The molecule has 10 heteroatoms. The molecule has 314 valence electrons. The molecule has 0 spiro atoms. The van der Waals surface area contributed by atoms with Gasteiger partial charge in [0.1, 0.15) is 6.61 Å². The van der Waals surface area contributed by atoms with E-state index in [1.807, 2.05) is 0 Å². The van der Waals surface area contributed by atoms with Gasteiger partial charge in [0.2, 0.25) is 0 Å². The Labute approximate surface area is 326 Å². The van der Waals surface area contributed by atoms with Crippen LogP contribution in [0.15, 0.2) is 12.2 Å². The van der Waals surface area contributed by atoms with Crippen molar-refractivity contribution in [2.24, 2.45) is 5.73 Å². The quantitative estimate of drug-likeness (QED) is 0.0269. The van der Waals surface area contributed by atoms with Gasteiger partial charge in [0.25, 0.3) is 0 Å². The van der Waals surface area contributed by atoms with Gasteiger partial charge in [-0.1, -0.05) is 187 Å². The molecule has 0 fully saturated rings. The normalized spacial score (nSPS) is 13.4. The molecule has 3 N–H and O–H groups in total. The van der Waals surface area contributed by atoms with Gasteiger partial charge in [0.05, 0.1) is 13.2 Å². The molecule has 9 nitrogen and oxygen atoms in total. The van der Waals surface area contributed by atoms with E-state index in [9.17, 15) is 19.0 Å². The Bertz CT molecular complexity index is 886. The average Bonchev–Trinajstić information content (AvgIpc) is 3.14. The summed E-state index contributed by atoms with van der Waals surface area (Å²) in [7, 11) is -4.37. The lowest BCUT2D eigenvalue weighted by atomic mass is 10.0. The Kier molecular flexibility index (Phi) is 39.5. The summed E-state index contributed by atoms with van der Waals surface area (Å²) in [4.78, 5) is 34.8. The molecule has 53 heavy (non-hydrogen) atoms. The molecule has 0 aliphatic heterocycles. The molecule has 0 radical (unpaired) electrons. The predicted octanol–water partition coefficient (Wildman–Crippen LogP) is 12.6. The molecule has 0 saturated heterocycles. The van der Waals surface area contributed by atoms with Gasteiger partial charge in [-0.25, -0.2) is 4.57 Å². The van der Waals surface area contributed by atoms with Crippen LogP contribution in [0.25, 0.3) is 0 Å². The van der Waals surface area contributed by atoms with Gasteiger partial charge >= 0.3 is 19.8 Å². The Balaban J connectivity index is 4.01. The second-order valence-electron chi connectivity index (χ2n) is 14.9. The van der Waals surface area contributed by atoms with Crippen LogP contribution in [0.2, 0.25) is 0 Å². The third-order valence-electron chi connectivity index (χ3n) is 9.65. The Hall–Kier alpha value is -1.25. The zero-order valence-electron chi connectivity index (χ0n) is 34.5. The molecular weight excluding hydrogens is 689 g/mol. The fraction of sp³-hybridized carbons (Fsp3) is 0.907. The SMILES string of the molecule is CCCCC=CCCCCCCCC(=O)OC(COC(=O)CCCCCCCCCCCCCCCCCCCCCCC)COP(=O)(O)OCCN. The van der Waals surface area contributed by atoms with Crippen LogP contribution in [0.5, 0.6) is 0 Å². The third-order valence-corrected chi connectivity index (χ3v) is 10.6. The van der Waals surface area contributed by atoms with Gasteiger partial charge < -0.3 is 20.1 Å². The summed E-state index contributed by atoms with van der Waals surface area (Å²) in [5.74, 6) is -0.830. The number of unbranched alkanes of at least 4 members (excludes halogenated alkanes) is 27. The summed E-state index contributed by atoms with van der Waals surface area (Å²) >= 11 is 0. The first-order chi connectivity index (χ1) is 25.8. The van der Waals surface area contributed by atoms with E-state index in [1.54, 1.807) is 0 Å². The fourth-order valence-corrected chi connectivity index (χ4v) is 7.09. The Morgan fingerprint density at radius 3 is 1.40 bits per heavy atom. The number of hydrogen-bond donors (Lipinski definition) is 2. The number of nitrogens with two attached hydrogens (primary N) is 1. The molecule has 2 unspecified atom stereocenters. The van der Waals surface area contributed by atoms with Crippen LogP contribution in [0.3, 0.4) is 0 Å².